The minimum atomic E-state index is -0.791. The predicted octanol–water partition coefficient (Wildman–Crippen LogP) is 2.38. The third-order valence-electron chi connectivity index (χ3n) is 4.39. The minimum Gasteiger partial charge on any atom is -0.396 e. The van der Waals surface area contributed by atoms with Crippen molar-refractivity contribution in [2.75, 3.05) is 18.5 Å². The van der Waals surface area contributed by atoms with Crippen LogP contribution in [0.4, 0.5) is 10.1 Å². The summed E-state index contributed by atoms with van der Waals surface area (Å²) in [5.41, 5.74) is 0.552. The Morgan fingerprint density at radius 2 is 1.87 bits per heavy atom. The molecule has 0 fully saturated rings. The van der Waals surface area contributed by atoms with Gasteiger partial charge >= 0.3 is 11.8 Å². The highest BCUT2D eigenvalue weighted by Crippen LogP contribution is 2.29. The van der Waals surface area contributed by atoms with E-state index in [1.165, 1.54) is 18.2 Å². The zero-order chi connectivity index (χ0) is 17.5. The SMILES string of the molecule is CCC(CC)(CCO)CNC(=O)C(=O)Nc1ccc(F)c(C)c1. The molecule has 1 aromatic rings. The summed E-state index contributed by atoms with van der Waals surface area (Å²) in [5.74, 6) is -1.90. The van der Waals surface area contributed by atoms with Gasteiger partial charge in [-0.05, 0) is 55.4 Å². The van der Waals surface area contributed by atoms with Gasteiger partial charge in [-0.2, -0.15) is 0 Å². The van der Waals surface area contributed by atoms with Gasteiger partial charge in [-0.3, -0.25) is 9.59 Å². The van der Waals surface area contributed by atoms with Gasteiger partial charge in [-0.15, -0.1) is 0 Å². The highest BCUT2D eigenvalue weighted by atomic mass is 19.1. The van der Waals surface area contributed by atoms with Crippen LogP contribution in [0.5, 0.6) is 0 Å². The Labute approximate surface area is 136 Å². The summed E-state index contributed by atoms with van der Waals surface area (Å²) in [6.45, 7) is 5.93. The summed E-state index contributed by atoms with van der Waals surface area (Å²) in [6.07, 6.45) is 2.16. The monoisotopic (exact) mass is 324 g/mol. The maximum atomic E-state index is 13.2. The molecule has 0 radical (unpaired) electrons. The molecule has 0 atom stereocenters. The van der Waals surface area contributed by atoms with Crippen molar-refractivity contribution >= 4 is 17.5 Å². The Bertz CT molecular complexity index is 557. The summed E-state index contributed by atoms with van der Waals surface area (Å²) in [7, 11) is 0. The maximum absolute atomic E-state index is 13.2. The first-order valence-electron chi connectivity index (χ1n) is 7.83. The van der Waals surface area contributed by atoms with Gasteiger partial charge in [0.05, 0.1) is 0 Å². The summed E-state index contributed by atoms with van der Waals surface area (Å²) >= 11 is 0. The molecule has 0 unspecified atom stereocenters. The number of halogens is 1. The second-order valence-electron chi connectivity index (χ2n) is 5.78. The Hall–Kier alpha value is -1.95. The molecule has 128 valence electrons. The molecule has 0 saturated heterocycles. The average Bonchev–Trinajstić information content (AvgIpc) is 2.54. The van der Waals surface area contributed by atoms with E-state index >= 15 is 0 Å². The first-order valence-corrected chi connectivity index (χ1v) is 7.83. The second kappa shape index (κ2) is 8.62. The Morgan fingerprint density at radius 1 is 1.22 bits per heavy atom. The number of benzene rings is 1. The molecule has 0 aliphatic carbocycles. The van der Waals surface area contributed by atoms with Gasteiger partial charge < -0.3 is 15.7 Å². The van der Waals surface area contributed by atoms with Crippen LogP contribution < -0.4 is 10.6 Å². The Kier molecular flexibility index (Phi) is 7.16. The van der Waals surface area contributed by atoms with Gasteiger partial charge in [0.25, 0.3) is 0 Å². The molecule has 6 heteroatoms. The molecular weight excluding hydrogens is 299 g/mol. The zero-order valence-corrected chi connectivity index (χ0v) is 13.9. The van der Waals surface area contributed by atoms with Crippen molar-refractivity contribution in [1.82, 2.24) is 5.32 Å². The molecule has 2 amide bonds. The average molecular weight is 324 g/mol. The molecule has 1 aromatic carbocycles. The van der Waals surface area contributed by atoms with Crippen LogP contribution in [0.2, 0.25) is 0 Å². The number of aliphatic hydroxyl groups is 1. The Morgan fingerprint density at radius 3 is 2.39 bits per heavy atom. The van der Waals surface area contributed by atoms with E-state index in [4.69, 9.17) is 5.11 Å². The van der Waals surface area contributed by atoms with Gasteiger partial charge in [0, 0.05) is 18.8 Å². The smallest absolute Gasteiger partial charge is 0.313 e. The third kappa shape index (κ3) is 5.32. The van der Waals surface area contributed by atoms with Crippen LogP contribution in [0.3, 0.4) is 0 Å². The van der Waals surface area contributed by atoms with Crippen LogP contribution in [-0.4, -0.2) is 30.1 Å². The highest BCUT2D eigenvalue weighted by Gasteiger charge is 2.27. The molecule has 0 heterocycles. The van der Waals surface area contributed by atoms with Crippen molar-refractivity contribution in [3.8, 4) is 0 Å². The zero-order valence-electron chi connectivity index (χ0n) is 13.9. The van der Waals surface area contributed by atoms with E-state index in [0.717, 1.165) is 12.8 Å². The summed E-state index contributed by atoms with van der Waals surface area (Å²) in [5, 5.41) is 14.2. The lowest BCUT2D eigenvalue weighted by atomic mass is 9.79. The number of nitrogens with one attached hydrogen (secondary N) is 2. The summed E-state index contributed by atoms with van der Waals surface area (Å²) < 4.78 is 13.2. The van der Waals surface area contributed by atoms with E-state index in [9.17, 15) is 14.0 Å². The number of hydrogen-bond acceptors (Lipinski definition) is 3. The number of aliphatic hydroxyl groups excluding tert-OH is 1. The van der Waals surface area contributed by atoms with E-state index in [0.29, 0.717) is 24.2 Å². The minimum absolute atomic E-state index is 0.0403. The van der Waals surface area contributed by atoms with Crippen molar-refractivity contribution in [3.63, 3.8) is 0 Å². The van der Waals surface area contributed by atoms with E-state index in [-0.39, 0.29) is 17.8 Å². The number of carbonyl (C=O) groups is 2. The van der Waals surface area contributed by atoms with E-state index in [2.05, 4.69) is 10.6 Å². The molecular formula is C17H25FN2O3. The molecule has 0 bridgehead atoms. The number of aryl methyl sites for hydroxylation is 1. The fourth-order valence-electron chi connectivity index (χ4n) is 2.44. The molecule has 23 heavy (non-hydrogen) atoms. The third-order valence-corrected chi connectivity index (χ3v) is 4.39. The van der Waals surface area contributed by atoms with Crippen molar-refractivity contribution in [2.45, 2.75) is 40.0 Å². The van der Waals surface area contributed by atoms with E-state index in [1.807, 2.05) is 13.8 Å². The van der Waals surface area contributed by atoms with Crippen LogP contribution in [0.1, 0.15) is 38.7 Å². The Balaban J connectivity index is 2.63. The lowest BCUT2D eigenvalue weighted by molar-refractivity contribution is -0.136. The highest BCUT2D eigenvalue weighted by molar-refractivity contribution is 6.39. The van der Waals surface area contributed by atoms with Crippen LogP contribution in [0.15, 0.2) is 18.2 Å². The fourth-order valence-corrected chi connectivity index (χ4v) is 2.44. The number of carbonyl (C=O) groups excluding carboxylic acids is 2. The summed E-state index contributed by atoms with van der Waals surface area (Å²) in [6, 6.07) is 4.11. The van der Waals surface area contributed by atoms with Crippen LogP contribution in [0.25, 0.3) is 0 Å². The lowest BCUT2D eigenvalue weighted by Gasteiger charge is -2.31. The van der Waals surface area contributed by atoms with Gasteiger partial charge in [0.2, 0.25) is 0 Å². The van der Waals surface area contributed by atoms with Crippen molar-refractivity contribution in [1.29, 1.82) is 0 Å². The number of amides is 2. The quantitative estimate of drug-likeness (QED) is 0.674. The number of rotatable bonds is 7. The van der Waals surface area contributed by atoms with Crippen LogP contribution in [0, 0.1) is 18.2 Å². The molecule has 1 rings (SSSR count). The molecule has 0 aliphatic heterocycles. The van der Waals surface area contributed by atoms with Crippen LogP contribution >= 0.6 is 0 Å². The van der Waals surface area contributed by atoms with Crippen LogP contribution in [-0.2, 0) is 9.59 Å². The molecule has 0 aliphatic rings. The number of anilines is 1. The van der Waals surface area contributed by atoms with Crippen molar-refractivity contribution in [3.05, 3.63) is 29.6 Å². The summed E-state index contributed by atoms with van der Waals surface area (Å²) in [4.78, 5) is 23.8. The first-order chi connectivity index (χ1) is 10.9. The molecule has 0 spiro atoms. The van der Waals surface area contributed by atoms with Gasteiger partial charge in [0.15, 0.2) is 0 Å². The van der Waals surface area contributed by atoms with E-state index in [1.54, 1.807) is 6.92 Å². The van der Waals surface area contributed by atoms with Gasteiger partial charge in [0.1, 0.15) is 5.82 Å². The normalized spacial score (nSPS) is 11.2. The second-order valence-corrected chi connectivity index (χ2v) is 5.78. The van der Waals surface area contributed by atoms with E-state index < -0.39 is 11.8 Å². The molecule has 0 saturated carbocycles. The lowest BCUT2D eigenvalue weighted by Crippen LogP contribution is -2.42. The van der Waals surface area contributed by atoms with Crippen molar-refractivity contribution < 1.29 is 19.1 Å². The van der Waals surface area contributed by atoms with Gasteiger partial charge in [-0.25, -0.2) is 4.39 Å². The molecule has 0 aromatic heterocycles. The molecule has 5 nitrogen and oxygen atoms in total. The molecule has 3 N–H and O–H groups in total. The number of hydrogen-bond donors (Lipinski definition) is 3. The fraction of sp³-hybridized carbons (Fsp3) is 0.529. The van der Waals surface area contributed by atoms with Crippen molar-refractivity contribution in [2.24, 2.45) is 5.41 Å². The maximum Gasteiger partial charge on any atom is 0.313 e. The topological polar surface area (TPSA) is 78.4 Å². The van der Waals surface area contributed by atoms with Gasteiger partial charge in [-0.1, -0.05) is 13.8 Å². The largest absolute Gasteiger partial charge is 0.396 e. The first kappa shape index (κ1) is 19.1. The standard InChI is InChI=1S/C17H25FN2O3/c1-4-17(5-2,8-9-21)11-19-15(22)16(23)20-13-6-7-14(18)12(3)10-13/h6-7,10,21H,4-5,8-9,11H2,1-3H3,(H,19,22)(H,20,23). The predicted molar refractivity (Wildman–Crippen MR) is 87.5 cm³/mol.